The molecule has 1 unspecified atom stereocenters. The van der Waals surface area contributed by atoms with E-state index < -0.39 is 5.54 Å². The van der Waals surface area contributed by atoms with Crippen molar-refractivity contribution >= 4 is 17.7 Å². The Morgan fingerprint density at radius 3 is 3.00 bits per heavy atom. The summed E-state index contributed by atoms with van der Waals surface area (Å²) in [6, 6.07) is 0. The minimum atomic E-state index is -0.697. The Balaban J connectivity index is 2.54. The molecule has 0 bridgehead atoms. The first kappa shape index (κ1) is 11.1. The number of nitrogens with one attached hydrogen (secondary N) is 2. The molecule has 1 heterocycles. The van der Waals surface area contributed by atoms with E-state index in [4.69, 9.17) is 5.73 Å². The number of hydrogen-bond donors (Lipinski definition) is 3. The van der Waals surface area contributed by atoms with Crippen LogP contribution in [0.1, 0.15) is 6.92 Å². The molecule has 0 aliphatic carbocycles. The predicted molar refractivity (Wildman–Crippen MR) is 56.0 cm³/mol. The van der Waals surface area contributed by atoms with E-state index in [1.54, 1.807) is 26.4 Å². The Morgan fingerprint density at radius 2 is 2.57 bits per heavy atom. The molecule has 0 saturated carbocycles. The van der Waals surface area contributed by atoms with Crippen LogP contribution < -0.4 is 11.1 Å². The summed E-state index contributed by atoms with van der Waals surface area (Å²) < 4.78 is 0. The van der Waals surface area contributed by atoms with Gasteiger partial charge in [-0.05, 0) is 14.0 Å². The van der Waals surface area contributed by atoms with Crippen LogP contribution in [-0.2, 0) is 4.79 Å². The lowest BCUT2D eigenvalue weighted by atomic mass is 10.1. The van der Waals surface area contributed by atoms with Gasteiger partial charge in [0.25, 0.3) is 0 Å². The number of primary amides is 1. The molecule has 4 N–H and O–H groups in total. The van der Waals surface area contributed by atoms with E-state index in [-0.39, 0.29) is 5.91 Å². The first-order valence-electron chi connectivity index (χ1n) is 4.19. The van der Waals surface area contributed by atoms with Gasteiger partial charge in [0.05, 0.1) is 0 Å². The molecule has 0 spiro atoms. The fraction of sp³-hybridized carbons (Fsp3) is 0.500. The summed E-state index contributed by atoms with van der Waals surface area (Å²) in [4.78, 5) is 18.1. The third-order valence-corrected chi connectivity index (χ3v) is 3.28. The van der Waals surface area contributed by atoms with Gasteiger partial charge in [-0.25, -0.2) is 4.98 Å². The normalized spacial score (nSPS) is 15.0. The maximum absolute atomic E-state index is 11.1. The van der Waals surface area contributed by atoms with Gasteiger partial charge in [-0.2, -0.15) is 0 Å². The average molecular weight is 214 g/mol. The van der Waals surface area contributed by atoms with Crippen LogP contribution >= 0.6 is 11.8 Å². The number of rotatable bonds is 5. The monoisotopic (exact) mass is 214 g/mol. The number of carbonyl (C=O) groups is 1. The molecule has 1 atom stereocenters. The number of likely N-dealkylation sites (N-methyl/N-ethyl adjacent to an activating group) is 1. The quantitative estimate of drug-likeness (QED) is 0.601. The van der Waals surface area contributed by atoms with Crippen molar-refractivity contribution in [3.8, 4) is 0 Å². The van der Waals surface area contributed by atoms with Crippen molar-refractivity contribution < 1.29 is 4.79 Å². The summed E-state index contributed by atoms with van der Waals surface area (Å²) in [7, 11) is 1.72. The topological polar surface area (TPSA) is 83.8 Å². The molecule has 0 fully saturated rings. The molecule has 1 rings (SSSR count). The van der Waals surface area contributed by atoms with Crippen LogP contribution in [0.3, 0.4) is 0 Å². The lowest BCUT2D eigenvalue weighted by Crippen LogP contribution is -2.53. The smallest absolute Gasteiger partial charge is 0.238 e. The molecule has 0 aliphatic heterocycles. The summed E-state index contributed by atoms with van der Waals surface area (Å²) in [6.07, 6.45) is 3.41. The molecule has 14 heavy (non-hydrogen) atoms. The molecule has 0 saturated heterocycles. The van der Waals surface area contributed by atoms with Gasteiger partial charge in [0.2, 0.25) is 5.91 Å². The zero-order chi connectivity index (χ0) is 10.6. The number of imidazole rings is 1. The second-order valence-corrected chi connectivity index (χ2v) is 4.09. The van der Waals surface area contributed by atoms with E-state index >= 15 is 0 Å². The Bertz CT molecular complexity index is 300. The van der Waals surface area contributed by atoms with Gasteiger partial charge in [-0.1, -0.05) is 11.8 Å². The van der Waals surface area contributed by atoms with Crippen molar-refractivity contribution in [2.45, 2.75) is 17.6 Å². The highest BCUT2D eigenvalue weighted by Crippen LogP contribution is 2.18. The van der Waals surface area contributed by atoms with Crippen LogP contribution in [0, 0.1) is 0 Å². The molecule has 5 nitrogen and oxygen atoms in total. The summed E-state index contributed by atoms with van der Waals surface area (Å²) in [5, 5.41) is 3.69. The number of amides is 1. The fourth-order valence-electron chi connectivity index (χ4n) is 0.809. The number of carbonyl (C=O) groups excluding carboxylic acids is 1. The zero-order valence-corrected chi connectivity index (χ0v) is 9.02. The van der Waals surface area contributed by atoms with Crippen LogP contribution in [0.15, 0.2) is 17.6 Å². The largest absolute Gasteiger partial charge is 0.368 e. The first-order valence-corrected chi connectivity index (χ1v) is 5.18. The number of nitrogens with zero attached hydrogens (tertiary/aromatic N) is 1. The van der Waals surface area contributed by atoms with Crippen molar-refractivity contribution in [2.24, 2.45) is 5.73 Å². The standard InChI is InChI=1S/C8H14N4OS/c1-8(10-2,6(9)13)5-14-7-11-3-4-12-7/h3-4,10H,5H2,1-2H3,(H2,9,13)(H,11,12). The molecule has 0 radical (unpaired) electrons. The highest BCUT2D eigenvalue weighted by molar-refractivity contribution is 7.99. The summed E-state index contributed by atoms with van der Waals surface area (Å²) in [5.41, 5.74) is 4.58. The highest BCUT2D eigenvalue weighted by Gasteiger charge is 2.29. The van der Waals surface area contributed by atoms with E-state index in [9.17, 15) is 4.79 Å². The van der Waals surface area contributed by atoms with Crippen molar-refractivity contribution in [3.05, 3.63) is 12.4 Å². The number of nitrogens with two attached hydrogens (primary N) is 1. The van der Waals surface area contributed by atoms with Crippen LogP contribution in [0.2, 0.25) is 0 Å². The Labute approximate surface area is 86.9 Å². The molecule has 1 amide bonds. The third kappa shape index (κ3) is 2.49. The minimum absolute atomic E-state index is 0.362. The maximum Gasteiger partial charge on any atom is 0.238 e. The maximum atomic E-state index is 11.1. The zero-order valence-electron chi connectivity index (χ0n) is 8.20. The molecule has 1 aromatic rings. The number of aromatic nitrogens is 2. The number of hydrogen-bond acceptors (Lipinski definition) is 4. The van der Waals surface area contributed by atoms with Gasteiger partial charge < -0.3 is 16.0 Å². The lowest BCUT2D eigenvalue weighted by Gasteiger charge is -2.24. The molecular formula is C8H14N4OS. The number of H-pyrrole nitrogens is 1. The second-order valence-electron chi connectivity index (χ2n) is 3.13. The van der Waals surface area contributed by atoms with Crippen molar-refractivity contribution in [1.29, 1.82) is 0 Å². The van der Waals surface area contributed by atoms with Crippen molar-refractivity contribution in [3.63, 3.8) is 0 Å². The van der Waals surface area contributed by atoms with E-state index in [1.165, 1.54) is 11.8 Å². The number of thioether (sulfide) groups is 1. The Hall–Kier alpha value is -1.01. The van der Waals surface area contributed by atoms with E-state index in [1.807, 2.05) is 0 Å². The third-order valence-electron chi connectivity index (χ3n) is 2.07. The van der Waals surface area contributed by atoms with Crippen LogP contribution in [-0.4, -0.2) is 34.2 Å². The highest BCUT2D eigenvalue weighted by atomic mass is 32.2. The van der Waals surface area contributed by atoms with Crippen molar-refractivity contribution in [1.82, 2.24) is 15.3 Å². The van der Waals surface area contributed by atoms with Gasteiger partial charge in [0.1, 0.15) is 5.54 Å². The average Bonchev–Trinajstić information content (AvgIpc) is 2.66. The van der Waals surface area contributed by atoms with E-state index in [0.29, 0.717) is 5.75 Å². The van der Waals surface area contributed by atoms with Gasteiger partial charge in [0.15, 0.2) is 5.16 Å². The Kier molecular flexibility index (Phi) is 3.54. The SMILES string of the molecule is CNC(C)(CSc1ncc[nH]1)C(N)=O. The summed E-state index contributed by atoms with van der Waals surface area (Å²) in [6.45, 7) is 1.77. The van der Waals surface area contributed by atoms with Crippen LogP contribution in [0.25, 0.3) is 0 Å². The predicted octanol–water partition coefficient (Wildman–Crippen LogP) is -0.0348. The molecule has 0 aromatic carbocycles. The molecular weight excluding hydrogens is 200 g/mol. The van der Waals surface area contributed by atoms with Gasteiger partial charge in [0, 0.05) is 18.1 Å². The van der Waals surface area contributed by atoms with E-state index in [0.717, 1.165) is 5.16 Å². The molecule has 6 heteroatoms. The molecule has 0 aliphatic rings. The van der Waals surface area contributed by atoms with Crippen LogP contribution in [0.4, 0.5) is 0 Å². The summed E-state index contributed by atoms with van der Waals surface area (Å²) in [5.74, 6) is 0.186. The minimum Gasteiger partial charge on any atom is -0.368 e. The fourth-order valence-corrected chi connectivity index (χ4v) is 1.81. The van der Waals surface area contributed by atoms with Gasteiger partial charge >= 0.3 is 0 Å². The van der Waals surface area contributed by atoms with Crippen molar-refractivity contribution in [2.75, 3.05) is 12.8 Å². The van der Waals surface area contributed by atoms with Gasteiger partial charge in [-0.15, -0.1) is 0 Å². The molecule has 78 valence electrons. The second kappa shape index (κ2) is 4.47. The van der Waals surface area contributed by atoms with Crippen LogP contribution in [0.5, 0.6) is 0 Å². The summed E-state index contributed by atoms with van der Waals surface area (Å²) >= 11 is 1.46. The first-order chi connectivity index (χ1) is 6.58. The molecule has 1 aromatic heterocycles. The Morgan fingerprint density at radius 1 is 1.86 bits per heavy atom. The number of aromatic amines is 1. The van der Waals surface area contributed by atoms with E-state index in [2.05, 4.69) is 15.3 Å². The lowest BCUT2D eigenvalue weighted by molar-refractivity contribution is -0.122. The van der Waals surface area contributed by atoms with Gasteiger partial charge in [-0.3, -0.25) is 4.79 Å².